The summed E-state index contributed by atoms with van der Waals surface area (Å²) in [6.45, 7) is -0.278. The summed E-state index contributed by atoms with van der Waals surface area (Å²) in [5.74, 6) is -1.90. The molecule has 0 aliphatic carbocycles. The number of para-hydroxylation sites is 1. The standard InChI is InChI=1S/C19H16N2O6/c22-17(13-6-8-16(9-7-13)21(25)26)12-27-19(24)14-10-18(23)20(11-14)15-4-2-1-3-5-15/h1-9,14H,10-12H2/t14-/m1/s1. The molecule has 8 heteroatoms. The van der Waals surface area contributed by atoms with Crippen molar-refractivity contribution in [3.05, 3.63) is 70.3 Å². The number of nitrogens with zero attached hydrogens (tertiary/aromatic N) is 2. The highest BCUT2D eigenvalue weighted by Crippen LogP contribution is 2.25. The smallest absolute Gasteiger partial charge is 0.311 e. The van der Waals surface area contributed by atoms with E-state index in [9.17, 15) is 24.5 Å². The van der Waals surface area contributed by atoms with Crippen LogP contribution in [0.15, 0.2) is 54.6 Å². The molecule has 0 radical (unpaired) electrons. The minimum atomic E-state index is -0.637. The summed E-state index contributed by atoms with van der Waals surface area (Å²) in [5.41, 5.74) is 0.788. The van der Waals surface area contributed by atoms with Crippen LogP contribution in [-0.4, -0.2) is 35.7 Å². The molecule has 27 heavy (non-hydrogen) atoms. The lowest BCUT2D eigenvalue weighted by Crippen LogP contribution is -2.27. The number of hydrogen-bond donors (Lipinski definition) is 0. The summed E-state index contributed by atoms with van der Waals surface area (Å²) >= 11 is 0. The number of nitro groups is 1. The fourth-order valence-corrected chi connectivity index (χ4v) is 2.83. The normalized spacial score (nSPS) is 16.2. The lowest BCUT2D eigenvalue weighted by Gasteiger charge is -2.16. The van der Waals surface area contributed by atoms with Crippen LogP contribution in [0.25, 0.3) is 0 Å². The van der Waals surface area contributed by atoms with E-state index in [1.807, 2.05) is 6.07 Å². The van der Waals surface area contributed by atoms with E-state index in [0.717, 1.165) is 0 Å². The molecule has 0 unspecified atom stereocenters. The quantitative estimate of drug-likeness (QED) is 0.335. The second-order valence-electron chi connectivity index (χ2n) is 6.08. The van der Waals surface area contributed by atoms with Crippen LogP contribution in [0.5, 0.6) is 0 Å². The van der Waals surface area contributed by atoms with Gasteiger partial charge in [-0.25, -0.2) is 0 Å². The monoisotopic (exact) mass is 368 g/mol. The molecule has 0 bridgehead atoms. The van der Waals surface area contributed by atoms with Crippen molar-refractivity contribution >= 4 is 29.0 Å². The first kappa shape index (κ1) is 18.2. The van der Waals surface area contributed by atoms with Crippen molar-refractivity contribution in [3.8, 4) is 0 Å². The molecule has 3 rings (SSSR count). The van der Waals surface area contributed by atoms with Gasteiger partial charge in [-0.2, -0.15) is 0 Å². The van der Waals surface area contributed by atoms with E-state index >= 15 is 0 Å². The molecule has 1 heterocycles. The number of carbonyl (C=O) groups is 3. The average Bonchev–Trinajstić information content (AvgIpc) is 3.08. The Morgan fingerprint density at radius 1 is 1.11 bits per heavy atom. The van der Waals surface area contributed by atoms with Crippen LogP contribution in [0.4, 0.5) is 11.4 Å². The summed E-state index contributed by atoms with van der Waals surface area (Å²) in [4.78, 5) is 48.0. The molecule has 1 aliphatic rings. The Hall–Kier alpha value is -3.55. The Balaban J connectivity index is 1.55. The third kappa shape index (κ3) is 4.17. The van der Waals surface area contributed by atoms with Crippen LogP contribution in [-0.2, 0) is 14.3 Å². The van der Waals surface area contributed by atoms with Crippen molar-refractivity contribution < 1.29 is 24.0 Å². The van der Waals surface area contributed by atoms with Crippen LogP contribution in [0.3, 0.4) is 0 Å². The molecule has 8 nitrogen and oxygen atoms in total. The number of amides is 1. The lowest BCUT2D eigenvalue weighted by molar-refractivity contribution is -0.384. The van der Waals surface area contributed by atoms with Crippen molar-refractivity contribution in [1.29, 1.82) is 0 Å². The van der Waals surface area contributed by atoms with Crippen molar-refractivity contribution in [2.75, 3.05) is 18.1 Å². The number of benzene rings is 2. The molecular weight excluding hydrogens is 352 g/mol. The number of nitro benzene ring substituents is 1. The molecule has 1 saturated heterocycles. The van der Waals surface area contributed by atoms with Gasteiger partial charge >= 0.3 is 5.97 Å². The zero-order chi connectivity index (χ0) is 19.4. The summed E-state index contributed by atoms with van der Waals surface area (Å²) < 4.78 is 5.05. The first-order valence-corrected chi connectivity index (χ1v) is 8.25. The first-order chi connectivity index (χ1) is 13.0. The third-order valence-electron chi connectivity index (χ3n) is 4.27. The van der Waals surface area contributed by atoms with E-state index in [1.54, 1.807) is 24.3 Å². The first-order valence-electron chi connectivity index (χ1n) is 8.25. The number of ketones is 1. The SMILES string of the molecule is O=C(COC(=O)[C@@H]1CC(=O)N(c2ccccc2)C1)c1ccc([N+](=O)[O-])cc1. The maximum absolute atomic E-state index is 12.2. The number of ether oxygens (including phenoxy) is 1. The minimum absolute atomic E-state index is 0.0272. The third-order valence-corrected chi connectivity index (χ3v) is 4.27. The van der Waals surface area contributed by atoms with Gasteiger partial charge in [-0.3, -0.25) is 24.5 Å². The number of esters is 1. The Morgan fingerprint density at radius 3 is 2.41 bits per heavy atom. The number of anilines is 1. The molecule has 0 aromatic heterocycles. The van der Waals surface area contributed by atoms with Crippen molar-refractivity contribution in [3.63, 3.8) is 0 Å². The topological polar surface area (TPSA) is 107 Å². The molecule has 1 amide bonds. The average molecular weight is 368 g/mol. The highest BCUT2D eigenvalue weighted by molar-refractivity contribution is 6.01. The molecule has 1 atom stereocenters. The van der Waals surface area contributed by atoms with Gasteiger partial charge in [-0.05, 0) is 24.3 Å². The van der Waals surface area contributed by atoms with Crippen LogP contribution in [0.2, 0.25) is 0 Å². The number of hydrogen-bond acceptors (Lipinski definition) is 6. The number of non-ortho nitro benzene ring substituents is 1. The van der Waals surface area contributed by atoms with Gasteiger partial charge in [-0.1, -0.05) is 18.2 Å². The van der Waals surface area contributed by atoms with Crippen LogP contribution in [0, 0.1) is 16.0 Å². The molecule has 0 spiro atoms. The lowest BCUT2D eigenvalue weighted by atomic mass is 10.1. The molecule has 0 N–H and O–H groups in total. The molecule has 1 fully saturated rings. The van der Waals surface area contributed by atoms with Gasteiger partial charge in [-0.15, -0.1) is 0 Å². The molecule has 2 aromatic rings. The maximum Gasteiger partial charge on any atom is 0.311 e. The molecule has 1 aliphatic heterocycles. The van der Waals surface area contributed by atoms with Crippen LogP contribution >= 0.6 is 0 Å². The van der Waals surface area contributed by atoms with Gasteiger partial charge in [0.05, 0.1) is 10.8 Å². The van der Waals surface area contributed by atoms with E-state index in [-0.39, 0.29) is 30.1 Å². The molecule has 2 aromatic carbocycles. The summed E-state index contributed by atoms with van der Waals surface area (Å²) in [6.07, 6.45) is 0.0272. The summed E-state index contributed by atoms with van der Waals surface area (Å²) in [7, 11) is 0. The van der Waals surface area contributed by atoms with Crippen molar-refractivity contribution in [1.82, 2.24) is 0 Å². The molecular formula is C19H16N2O6. The zero-order valence-electron chi connectivity index (χ0n) is 14.2. The maximum atomic E-state index is 12.2. The summed E-state index contributed by atoms with van der Waals surface area (Å²) in [6, 6.07) is 14.0. The van der Waals surface area contributed by atoms with Crippen molar-refractivity contribution in [2.45, 2.75) is 6.42 Å². The van der Waals surface area contributed by atoms with E-state index in [1.165, 1.54) is 29.2 Å². The molecule has 138 valence electrons. The predicted octanol–water partition coefficient (Wildman–Crippen LogP) is 2.37. The Morgan fingerprint density at radius 2 is 1.78 bits per heavy atom. The van der Waals surface area contributed by atoms with Crippen LogP contribution < -0.4 is 4.90 Å². The highest BCUT2D eigenvalue weighted by Gasteiger charge is 2.36. The van der Waals surface area contributed by atoms with E-state index in [4.69, 9.17) is 4.74 Å². The van der Waals surface area contributed by atoms with E-state index < -0.39 is 29.2 Å². The highest BCUT2D eigenvalue weighted by atomic mass is 16.6. The van der Waals surface area contributed by atoms with E-state index in [0.29, 0.717) is 5.69 Å². The Bertz CT molecular complexity index is 879. The van der Waals surface area contributed by atoms with Gasteiger partial charge in [0, 0.05) is 36.3 Å². The fraction of sp³-hybridized carbons (Fsp3) is 0.211. The Labute approximate surface area is 154 Å². The predicted molar refractivity (Wildman–Crippen MR) is 95.3 cm³/mol. The van der Waals surface area contributed by atoms with Crippen molar-refractivity contribution in [2.24, 2.45) is 5.92 Å². The van der Waals surface area contributed by atoms with Gasteiger partial charge in [0.1, 0.15) is 0 Å². The zero-order valence-corrected chi connectivity index (χ0v) is 14.2. The number of rotatable bonds is 6. The van der Waals surface area contributed by atoms with E-state index in [2.05, 4.69) is 0 Å². The number of carbonyl (C=O) groups excluding carboxylic acids is 3. The Kier molecular flexibility index (Phi) is 5.25. The second kappa shape index (κ2) is 7.77. The van der Waals surface area contributed by atoms with Crippen LogP contribution in [0.1, 0.15) is 16.8 Å². The fourth-order valence-electron chi connectivity index (χ4n) is 2.83. The minimum Gasteiger partial charge on any atom is -0.457 e. The van der Waals surface area contributed by atoms with Gasteiger partial charge in [0.15, 0.2) is 12.4 Å². The second-order valence-corrected chi connectivity index (χ2v) is 6.08. The summed E-state index contributed by atoms with van der Waals surface area (Å²) in [5, 5.41) is 10.6. The van der Waals surface area contributed by atoms with Gasteiger partial charge in [0.25, 0.3) is 5.69 Å². The molecule has 0 saturated carbocycles. The largest absolute Gasteiger partial charge is 0.457 e. The van der Waals surface area contributed by atoms with Gasteiger partial charge < -0.3 is 9.64 Å². The number of Topliss-reactive ketones (excluding diaryl/α,β-unsaturated/α-hetero) is 1. The van der Waals surface area contributed by atoms with Gasteiger partial charge in [0.2, 0.25) is 5.91 Å².